The number of amides is 1. The van der Waals surface area contributed by atoms with Gasteiger partial charge in [-0.25, -0.2) is 0 Å². The number of hydrogen-bond acceptors (Lipinski definition) is 3. The van der Waals surface area contributed by atoms with E-state index in [1.54, 1.807) is 6.07 Å². The van der Waals surface area contributed by atoms with Crippen molar-refractivity contribution in [1.29, 1.82) is 0 Å². The molecule has 5 nitrogen and oxygen atoms in total. The molecule has 1 unspecified atom stereocenters. The van der Waals surface area contributed by atoms with Gasteiger partial charge in [0.2, 0.25) is 0 Å². The van der Waals surface area contributed by atoms with Crippen LogP contribution in [0, 0.1) is 6.92 Å². The molecule has 1 saturated heterocycles. The topological polar surface area (TPSA) is 59.0 Å². The third-order valence-electron chi connectivity index (χ3n) is 4.31. The van der Waals surface area contributed by atoms with Crippen LogP contribution in [0.1, 0.15) is 40.5 Å². The lowest BCUT2D eigenvalue weighted by atomic mass is 10.1. The molecular formula is C18H24N4O. The number of benzene rings is 1. The molecule has 0 spiro atoms. The second-order valence-electron chi connectivity index (χ2n) is 6.17. The summed E-state index contributed by atoms with van der Waals surface area (Å²) in [4.78, 5) is 12.2. The molecule has 1 atom stereocenters. The molecule has 0 saturated carbocycles. The largest absolute Gasteiger partial charge is 0.350 e. The Bertz CT molecular complexity index is 641. The molecule has 23 heavy (non-hydrogen) atoms. The first kappa shape index (κ1) is 15.7. The fraction of sp³-hybridized carbons (Fsp3) is 0.444. The highest BCUT2D eigenvalue weighted by molar-refractivity contribution is 5.92. The first-order valence-electron chi connectivity index (χ1n) is 8.32. The van der Waals surface area contributed by atoms with E-state index in [-0.39, 0.29) is 5.91 Å². The number of aromatic nitrogens is 2. The maximum atomic E-state index is 12.2. The maximum Gasteiger partial charge on any atom is 0.271 e. The van der Waals surface area contributed by atoms with Crippen molar-refractivity contribution in [3.63, 3.8) is 0 Å². The third kappa shape index (κ3) is 4.20. The summed E-state index contributed by atoms with van der Waals surface area (Å²) in [5.41, 5.74) is 2.98. The van der Waals surface area contributed by atoms with Crippen LogP contribution in [0.15, 0.2) is 36.5 Å². The molecule has 1 amide bonds. The van der Waals surface area contributed by atoms with Crippen molar-refractivity contribution in [1.82, 2.24) is 20.4 Å². The van der Waals surface area contributed by atoms with Gasteiger partial charge in [-0.05, 0) is 44.4 Å². The van der Waals surface area contributed by atoms with Crippen LogP contribution in [0.2, 0.25) is 0 Å². The monoisotopic (exact) mass is 312 g/mol. The lowest BCUT2D eigenvalue weighted by Crippen LogP contribution is -2.32. The maximum absolute atomic E-state index is 12.2. The van der Waals surface area contributed by atoms with Crippen LogP contribution in [0.25, 0.3) is 0 Å². The van der Waals surface area contributed by atoms with Gasteiger partial charge in [-0.1, -0.05) is 29.8 Å². The third-order valence-corrected chi connectivity index (χ3v) is 4.31. The first-order valence-corrected chi connectivity index (χ1v) is 8.32. The Morgan fingerprint density at radius 1 is 1.35 bits per heavy atom. The van der Waals surface area contributed by atoms with Crippen LogP contribution >= 0.6 is 0 Å². The Balaban J connectivity index is 1.50. The van der Waals surface area contributed by atoms with E-state index in [2.05, 4.69) is 46.9 Å². The van der Waals surface area contributed by atoms with E-state index in [9.17, 15) is 4.79 Å². The van der Waals surface area contributed by atoms with Gasteiger partial charge >= 0.3 is 0 Å². The minimum absolute atomic E-state index is 0.0976. The molecule has 0 bridgehead atoms. The molecule has 3 rings (SSSR count). The molecular weight excluding hydrogens is 288 g/mol. The second-order valence-corrected chi connectivity index (χ2v) is 6.17. The highest BCUT2D eigenvalue weighted by Crippen LogP contribution is 2.15. The Morgan fingerprint density at radius 2 is 2.17 bits per heavy atom. The highest BCUT2D eigenvalue weighted by Gasteiger charge is 2.17. The molecule has 1 aromatic heterocycles. The minimum Gasteiger partial charge on any atom is -0.350 e. The fourth-order valence-corrected chi connectivity index (χ4v) is 2.89. The van der Waals surface area contributed by atoms with Gasteiger partial charge < -0.3 is 10.6 Å². The van der Waals surface area contributed by atoms with Crippen LogP contribution in [-0.2, 0) is 6.42 Å². The Kier molecular flexibility index (Phi) is 5.08. The van der Waals surface area contributed by atoms with E-state index in [1.165, 1.54) is 11.1 Å². The average Bonchev–Trinajstić information content (AvgIpc) is 3.07. The lowest BCUT2D eigenvalue weighted by molar-refractivity contribution is 0.0948. The van der Waals surface area contributed by atoms with Crippen LogP contribution in [-0.4, -0.2) is 35.3 Å². The van der Waals surface area contributed by atoms with E-state index in [0.717, 1.165) is 32.4 Å². The summed E-state index contributed by atoms with van der Waals surface area (Å²) in [6, 6.07) is 10.6. The smallest absolute Gasteiger partial charge is 0.271 e. The van der Waals surface area contributed by atoms with Crippen molar-refractivity contribution in [2.45, 2.75) is 32.2 Å². The molecule has 2 N–H and O–H groups in total. The van der Waals surface area contributed by atoms with E-state index < -0.39 is 0 Å². The van der Waals surface area contributed by atoms with Crippen LogP contribution in [0.4, 0.5) is 0 Å². The molecule has 5 heteroatoms. The minimum atomic E-state index is -0.0976. The van der Waals surface area contributed by atoms with Gasteiger partial charge in [0.1, 0.15) is 5.69 Å². The summed E-state index contributed by atoms with van der Waals surface area (Å²) < 4.78 is 1.92. The molecule has 1 aliphatic rings. The van der Waals surface area contributed by atoms with Crippen LogP contribution in [0.5, 0.6) is 0 Å². The zero-order valence-electron chi connectivity index (χ0n) is 13.6. The van der Waals surface area contributed by atoms with Crippen molar-refractivity contribution in [2.24, 2.45) is 0 Å². The zero-order chi connectivity index (χ0) is 16.1. The standard InChI is InChI=1S/C18H24N4O/c1-14-4-6-15(7-5-14)8-11-20-18(23)17-9-12-22(21-17)16-3-2-10-19-13-16/h4-7,9,12,16,19H,2-3,8,10-11,13H2,1H3,(H,20,23). The number of rotatable bonds is 5. The Morgan fingerprint density at radius 3 is 2.91 bits per heavy atom. The Hall–Kier alpha value is -2.14. The summed E-state index contributed by atoms with van der Waals surface area (Å²) in [7, 11) is 0. The van der Waals surface area contributed by atoms with Crippen LogP contribution in [0.3, 0.4) is 0 Å². The van der Waals surface area contributed by atoms with Gasteiger partial charge in [0.05, 0.1) is 6.04 Å². The number of carbonyl (C=O) groups is 1. The number of aryl methyl sites for hydroxylation is 1. The predicted octanol–water partition coefficient (Wildman–Crippen LogP) is 2.09. The summed E-state index contributed by atoms with van der Waals surface area (Å²) in [5, 5.41) is 10.8. The van der Waals surface area contributed by atoms with E-state index in [4.69, 9.17) is 0 Å². The van der Waals surface area contributed by atoms with E-state index in [0.29, 0.717) is 18.3 Å². The van der Waals surface area contributed by atoms with Gasteiger partial charge in [0.25, 0.3) is 5.91 Å². The SMILES string of the molecule is Cc1ccc(CCNC(=O)c2ccn(C3CCCNC3)n2)cc1. The molecule has 122 valence electrons. The van der Waals surface area contributed by atoms with Gasteiger partial charge in [0.15, 0.2) is 0 Å². The van der Waals surface area contributed by atoms with Gasteiger partial charge in [-0.15, -0.1) is 0 Å². The second kappa shape index (κ2) is 7.42. The van der Waals surface area contributed by atoms with Crippen molar-refractivity contribution >= 4 is 5.91 Å². The van der Waals surface area contributed by atoms with E-state index >= 15 is 0 Å². The van der Waals surface area contributed by atoms with Gasteiger partial charge in [-0.2, -0.15) is 5.10 Å². The van der Waals surface area contributed by atoms with Crippen molar-refractivity contribution in [3.8, 4) is 0 Å². The molecule has 2 heterocycles. The van der Waals surface area contributed by atoms with Gasteiger partial charge in [0, 0.05) is 19.3 Å². The number of carbonyl (C=O) groups excluding carboxylic acids is 1. The normalized spacial score (nSPS) is 17.9. The quantitative estimate of drug-likeness (QED) is 0.889. The Labute approximate surface area is 137 Å². The summed E-state index contributed by atoms with van der Waals surface area (Å²) in [6.07, 6.45) is 5.01. The first-order chi connectivity index (χ1) is 11.2. The average molecular weight is 312 g/mol. The summed E-state index contributed by atoms with van der Waals surface area (Å²) in [5.74, 6) is -0.0976. The molecule has 0 aliphatic carbocycles. The molecule has 2 aromatic rings. The summed E-state index contributed by atoms with van der Waals surface area (Å²) in [6.45, 7) is 4.70. The van der Waals surface area contributed by atoms with Crippen molar-refractivity contribution in [2.75, 3.05) is 19.6 Å². The zero-order valence-corrected chi connectivity index (χ0v) is 13.6. The molecule has 1 fully saturated rings. The van der Waals surface area contributed by atoms with Gasteiger partial charge in [-0.3, -0.25) is 9.48 Å². The predicted molar refractivity (Wildman–Crippen MR) is 90.6 cm³/mol. The van der Waals surface area contributed by atoms with E-state index in [1.807, 2.05) is 10.9 Å². The lowest BCUT2D eigenvalue weighted by Gasteiger charge is -2.22. The summed E-state index contributed by atoms with van der Waals surface area (Å²) >= 11 is 0. The van der Waals surface area contributed by atoms with Crippen molar-refractivity contribution in [3.05, 3.63) is 53.3 Å². The molecule has 1 aromatic carbocycles. The van der Waals surface area contributed by atoms with Crippen LogP contribution < -0.4 is 10.6 Å². The highest BCUT2D eigenvalue weighted by atomic mass is 16.1. The number of hydrogen-bond donors (Lipinski definition) is 2. The molecule has 1 aliphatic heterocycles. The number of piperidine rings is 1. The molecule has 0 radical (unpaired) electrons. The number of nitrogens with one attached hydrogen (secondary N) is 2. The van der Waals surface area contributed by atoms with Crippen molar-refractivity contribution < 1.29 is 4.79 Å². The fourth-order valence-electron chi connectivity index (χ4n) is 2.89. The number of nitrogens with zero attached hydrogens (tertiary/aromatic N) is 2.